The second-order valence-corrected chi connectivity index (χ2v) is 8.51. The first kappa shape index (κ1) is 22.9. The third-order valence-corrected chi connectivity index (χ3v) is 6.12. The van der Waals surface area contributed by atoms with Crippen LogP contribution in [0, 0.1) is 13.8 Å². The predicted octanol–water partition coefficient (Wildman–Crippen LogP) is 3.67. The van der Waals surface area contributed by atoms with Crippen molar-refractivity contribution in [2.24, 2.45) is 0 Å². The van der Waals surface area contributed by atoms with Gasteiger partial charge in [0.25, 0.3) is 0 Å². The third kappa shape index (κ3) is 5.69. The van der Waals surface area contributed by atoms with E-state index in [1.807, 2.05) is 62.9 Å². The third-order valence-electron chi connectivity index (χ3n) is 6.12. The molecule has 3 rings (SSSR count). The molecule has 2 atom stereocenters. The highest BCUT2D eigenvalue weighted by atomic mass is 16.2. The van der Waals surface area contributed by atoms with Crippen LogP contribution in [0.15, 0.2) is 30.3 Å². The first-order valence-corrected chi connectivity index (χ1v) is 11.3. The van der Waals surface area contributed by atoms with Crippen LogP contribution < -0.4 is 5.32 Å². The molecule has 166 valence electrons. The van der Waals surface area contributed by atoms with E-state index in [0.717, 1.165) is 54.1 Å². The van der Waals surface area contributed by atoms with Crippen molar-refractivity contribution in [2.45, 2.75) is 65.2 Å². The molecule has 1 N–H and O–H groups in total. The maximum Gasteiger partial charge on any atom is 0.229 e. The van der Waals surface area contributed by atoms with Gasteiger partial charge >= 0.3 is 0 Å². The van der Waals surface area contributed by atoms with Crippen LogP contribution in [0.25, 0.3) is 0 Å². The van der Waals surface area contributed by atoms with Crippen LogP contribution in [0.1, 0.15) is 73.3 Å². The fraction of sp³-hybridized carbons (Fsp3) is 0.520. The van der Waals surface area contributed by atoms with E-state index in [4.69, 9.17) is 9.97 Å². The van der Waals surface area contributed by atoms with Crippen molar-refractivity contribution in [2.75, 3.05) is 19.6 Å². The van der Waals surface area contributed by atoms with E-state index in [0.29, 0.717) is 19.5 Å². The highest BCUT2D eigenvalue weighted by Crippen LogP contribution is 2.28. The molecule has 0 bridgehead atoms. The summed E-state index contributed by atoms with van der Waals surface area (Å²) in [5.41, 5.74) is 3.66. The molecule has 0 spiro atoms. The molecule has 1 aliphatic rings. The van der Waals surface area contributed by atoms with E-state index in [2.05, 4.69) is 5.32 Å². The van der Waals surface area contributed by atoms with E-state index in [1.54, 1.807) is 0 Å². The largest absolute Gasteiger partial charge is 0.356 e. The lowest BCUT2D eigenvalue weighted by Gasteiger charge is -2.34. The van der Waals surface area contributed by atoms with Crippen molar-refractivity contribution in [1.82, 2.24) is 20.2 Å². The number of carbonyl (C=O) groups excluding carboxylic acids is 2. The molecule has 0 radical (unpaired) electrons. The molecule has 2 aromatic rings. The molecule has 6 heteroatoms. The fourth-order valence-electron chi connectivity index (χ4n) is 4.24. The number of nitrogens with one attached hydrogen (secondary N) is 1. The first-order valence-electron chi connectivity index (χ1n) is 11.3. The SMILES string of the molecule is CCCNC(=O)Cc1c(C)nc([C@H]2CCCN(C(=O)[C@@H](C)c3ccccc3)C2)nc1C. The molecule has 1 aromatic heterocycles. The maximum absolute atomic E-state index is 13.1. The van der Waals surface area contributed by atoms with Gasteiger partial charge in [0.05, 0.1) is 12.3 Å². The zero-order valence-corrected chi connectivity index (χ0v) is 19.1. The van der Waals surface area contributed by atoms with E-state index < -0.39 is 0 Å². The zero-order valence-electron chi connectivity index (χ0n) is 19.1. The van der Waals surface area contributed by atoms with Crippen LogP contribution in [0.3, 0.4) is 0 Å². The molecule has 1 aromatic carbocycles. The Morgan fingerprint density at radius 3 is 2.48 bits per heavy atom. The molecular weight excluding hydrogens is 388 g/mol. The summed E-state index contributed by atoms with van der Waals surface area (Å²) in [6, 6.07) is 9.93. The number of likely N-dealkylation sites (tertiary alicyclic amines) is 1. The molecule has 31 heavy (non-hydrogen) atoms. The molecule has 2 amide bonds. The Labute approximate surface area is 185 Å². The van der Waals surface area contributed by atoms with Crippen LogP contribution in [-0.2, 0) is 16.0 Å². The predicted molar refractivity (Wildman–Crippen MR) is 122 cm³/mol. The van der Waals surface area contributed by atoms with Crippen LogP contribution >= 0.6 is 0 Å². The summed E-state index contributed by atoms with van der Waals surface area (Å²) in [5.74, 6) is 0.925. The Morgan fingerprint density at radius 1 is 1.16 bits per heavy atom. The number of aromatic nitrogens is 2. The number of carbonyl (C=O) groups is 2. The maximum atomic E-state index is 13.1. The van der Waals surface area contributed by atoms with E-state index in [1.165, 1.54) is 0 Å². The average Bonchev–Trinajstić information content (AvgIpc) is 2.79. The van der Waals surface area contributed by atoms with Gasteiger partial charge in [0.1, 0.15) is 5.82 Å². The lowest BCUT2D eigenvalue weighted by Crippen LogP contribution is -2.41. The van der Waals surface area contributed by atoms with E-state index >= 15 is 0 Å². The fourth-order valence-corrected chi connectivity index (χ4v) is 4.24. The van der Waals surface area contributed by atoms with Crippen LogP contribution in [0.5, 0.6) is 0 Å². The molecule has 1 aliphatic heterocycles. The van der Waals surface area contributed by atoms with E-state index in [9.17, 15) is 9.59 Å². The number of nitrogens with zero attached hydrogens (tertiary/aromatic N) is 3. The van der Waals surface area contributed by atoms with Crippen molar-refractivity contribution < 1.29 is 9.59 Å². The van der Waals surface area contributed by atoms with Gasteiger partial charge < -0.3 is 10.2 Å². The number of aryl methyl sites for hydroxylation is 2. The molecule has 2 heterocycles. The number of piperidine rings is 1. The van der Waals surface area contributed by atoms with Crippen molar-refractivity contribution in [3.05, 3.63) is 58.7 Å². The minimum absolute atomic E-state index is 0.00809. The van der Waals surface area contributed by atoms with Gasteiger partial charge in [0.2, 0.25) is 11.8 Å². The van der Waals surface area contributed by atoms with Gasteiger partial charge in [-0.1, -0.05) is 37.3 Å². The minimum atomic E-state index is -0.159. The molecule has 0 saturated carbocycles. The summed E-state index contributed by atoms with van der Waals surface area (Å²) < 4.78 is 0. The number of rotatable bonds is 7. The van der Waals surface area contributed by atoms with Crippen molar-refractivity contribution in [1.29, 1.82) is 0 Å². The molecule has 0 unspecified atom stereocenters. The van der Waals surface area contributed by atoms with E-state index in [-0.39, 0.29) is 23.7 Å². The monoisotopic (exact) mass is 422 g/mol. The van der Waals surface area contributed by atoms with Gasteiger partial charge in [-0.15, -0.1) is 0 Å². The Kier molecular flexibility index (Phi) is 7.77. The van der Waals surface area contributed by atoms with Gasteiger partial charge in [-0.3, -0.25) is 9.59 Å². The lowest BCUT2D eigenvalue weighted by atomic mass is 9.93. The quantitative estimate of drug-likeness (QED) is 0.739. The Bertz CT molecular complexity index is 890. The lowest BCUT2D eigenvalue weighted by molar-refractivity contribution is -0.133. The molecule has 0 aliphatic carbocycles. The summed E-state index contributed by atoms with van der Waals surface area (Å²) in [6.45, 7) is 10.0. The Morgan fingerprint density at radius 2 is 1.84 bits per heavy atom. The summed E-state index contributed by atoms with van der Waals surface area (Å²) in [5, 5.41) is 2.92. The number of amides is 2. The second kappa shape index (κ2) is 10.5. The molecule has 1 saturated heterocycles. The smallest absolute Gasteiger partial charge is 0.229 e. The van der Waals surface area contributed by atoms with Crippen molar-refractivity contribution in [3.8, 4) is 0 Å². The topological polar surface area (TPSA) is 75.2 Å². The van der Waals surface area contributed by atoms with Crippen LogP contribution in [0.4, 0.5) is 0 Å². The average molecular weight is 423 g/mol. The summed E-state index contributed by atoms with van der Waals surface area (Å²) >= 11 is 0. The zero-order chi connectivity index (χ0) is 22.4. The van der Waals surface area contributed by atoms with Crippen molar-refractivity contribution in [3.63, 3.8) is 0 Å². The van der Waals surface area contributed by atoms with Gasteiger partial charge in [-0.25, -0.2) is 9.97 Å². The highest BCUT2D eigenvalue weighted by molar-refractivity contribution is 5.83. The summed E-state index contributed by atoms with van der Waals surface area (Å²) in [7, 11) is 0. The molecule has 1 fully saturated rings. The summed E-state index contributed by atoms with van der Waals surface area (Å²) in [6.07, 6.45) is 3.14. The Hall–Kier alpha value is -2.76. The molecular formula is C25H34N4O2. The normalized spacial score (nSPS) is 17.3. The van der Waals surface area contributed by atoms with Gasteiger partial charge in [-0.05, 0) is 45.6 Å². The second-order valence-electron chi connectivity index (χ2n) is 8.51. The number of benzene rings is 1. The number of hydrogen-bond acceptors (Lipinski definition) is 4. The van der Waals surface area contributed by atoms with Crippen molar-refractivity contribution >= 4 is 11.8 Å². The van der Waals surface area contributed by atoms with Crippen LogP contribution in [0.2, 0.25) is 0 Å². The first-order chi connectivity index (χ1) is 14.9. The number of hydrogen-bond donors (Lipinski definition) is 1. The van der Waals surface area contributed by atoms with Crippen LogP contribution in [-0.4, -0.2) is 46.3 Å². The van der Waals surface area contributed by atoms with Gasteiger partial charge in [0, 0.05) is 42.5 Å². The Balaban J connectivity index is 1.71. The van der Waals surface area contributed by atoms with Gasteiger partial charge in [0.15, 0.2) is 0 Å². The minimum Gasteiger partial charge on any atom is -0.356 e. The standard InChI is InChI=1S/C25H34N4O2/c1-5-13-26-23(30)15-22-18(3)27-24(28-19(22)4)21-12-9-14-29(16-21)25(31)17(2)20-10-7-6-8-11-20/h6-8,10-11,17,21H,5,9,12-16H2,1-4H3,(H,26,30)/t17-,21-/m0/s1. The molecule has 6 nitrogen and oxygen atoms in total. The highest BCUT2D eigenvalue weighted by Gasteiger charge is 2.30. The summed E-state index contributed by atoms with van der Waals surface area (Å²) in [4.78, 5) is 36.7. The van der Waals surface area contributed by atoms with Gasteiger partial charge in [-0.2, -0.15) is 0 Å².